The monoisotopic (exact) mass is 885 g/mol. The van der Waals surface area contributed by atoms with Gasteiger partial charge in [0.05, 0.1) is 0 Å². The third-order valence-corrected chi connectivity index (χ3v) is 14.6. The van der Waals surface area contributed by atoms with Crippen LogP contribution in [0.3, 0.4) is 0 Å². The second kappa shape index (κ2) is 22.8. The van der Waals surface area contributed by atoms with E-state index in [1.165, 1.54) is 146 Å². The fourth-order valence-corrected chi connectivity index (χ4v) is 10.7. The van der Waals surface area contributed by atoms with E-state index in [1.54, 1.807) is 11.1 Å². The van der Waals surface area contributed by atoms with Crippen LogP contribution in [0.15, 0.2) is 158 Å². The van der Waals surface area contributed by atoms with Crippen LogP contribution in [-0.2, 0) is 18.3 Å². The Morgan fingerprint density at radius 1 is 0.328 bits per heavy atom. The maximum atomic E-state index is 2.59. The lowest BCUT2D eigenvalue weighted by Gasteiger charge is -2.33. The molecule has 67 heavy (non-hydrogen) atoms. The van der Waals surface area contributed by atoms with E-state index in [2.05, 4.69) is 209 Å². The zero-order valence-electron chi connectivity index (χ0n) is 41.7. The molecule has 0 spiro atoms. The minimum Gasteiger partial charge on any atom is -0.311 e. The van der Waals surface area contributed by atoms with Crippen LogP contribution in [0.25, 0.3) is 22.3 Å². The van der Waals surface area contributed by atoms with Gasteiger partial charge in [-0.25, -0.2) is 0 Å². The lowest BCUT2D eigenvalue weighted by molar-refractivity contribution is 0.401. The first-order valence-electron chi connectivity index (χ1n) is 26.2. The molecule has 1 aliphatic carbocycles. The summed E-state index contributed by atoms with van der Waals surface area (Å²) in [6, 6.07) is 60.6. The van der Waals surface area contributed by atoms with Gasteiger partial charge in [0, 0.05) is 39.5 Å². The van der Waals surface area contributed by atoms with E-state index in [4.69, 9.17) is 0 Å². The number of fused-ring (bicyclic) bond motifs is 3. The van der Waals surface area contributed by atoms with E-state index in [0.717, 1.165) is 35.6 Å². The molecule has 0 atom stereocenters. The minimum absolute atomic E-state index is 0.0630. The number of hydrogen-bond acceptors (Lipinski definition) is 2. The Balaban J connectivity index is 1.15. The van der Waals surface area contributed by atoms with Gasteiger partial charge in [0.1, 0.15) is 0 Å². The van der Waals surface area contributed by atoms with Crippen LogP contribution in [0.1, 0.15) is 151 Å². The summed E-state index contributed by atoms with van der Waals surface area (Å²) in [6.45, 7) is 13.6. The fourth-order valence-electron chi connectivity index (χ4n) is 10.7. The molecule has 0 heterocycles. The molecular formula is C65H76N2. The van der Waals surface area contributed by atoms with Gasteiger partial charge >= 0.3 is 0 Å². The molecule has 0 aromatic heterocycles. The average molecular weight is 885 g/mol. The van der Waals surface area contributed by atoms with Crippen molar-refractivity contribution < 1.29 is 0 Å². The number of unbranched alkanes of at least 4 members (excludes halogenated alkanes) is 8. The maximum absolute atomic E-state index is 2.59. The van der Waals surface area contributed by atoms with Gasteiger partial charge in [0.15, 0.2) is 0 Å². The first kappa shape index (κ1) is 47.6. The van der Waals surface area contributed by atoms with Gasteiger partial charge in [0.25, 0.3) is 0 Å². The predicted octanol–water partition coefficient (Wildman–Crippen LogP) is 19.8. The van der Waals surface area contributed by atoms with Crippen molar-refractivity contribution >= 4 is 34.1 Å². The van der Waals surface area contributed by atoms with Gasteiger partial charge < -0.3 is 9.80 Å². The topological polar surface area (TPSA) is 6.48 Å². The molecule has 7 aromatic rings. The average Bonchev–Trinajstić information content (AvgIpc) is 3.62. The second-order valence-electron chi connectivity index (χ2n) is 19.6. The van der Waals surface area contributed by atoms with Crippen LogP contribution in [0.4, 0.5) is 34.1 Å². The van der Waals surface area contributed by atoms with E-state index in [1.807, 2.05) is 0 Å². The molecule has 0 bridgehead atoms. The van der Waals surface area contributed by atoms with Gasteiger partial charge in [-0.2, -0.15) is 0 Å². The van der Waals surface area contributed by atoms with E-state index < -0.39 is 0 Å². The van der Waals surface area contributed by atoms with Crippen LogP contribution in [0.2, 0.25) is 0 Å². The predicted molar refractivity (Wildman–Crippen MR) is 292 cm³/mol. The van der Waals surface area contributed by atoms with Crippen molar-refractivity contribution in [2.45, 2.75) is 150 Å². The summed E-state index contributed by atoms with van der Waals surface area (Å²) in [5.74, 6) is 0. The molecular weight excluding hydrogens is 809 g/mol. The lowest BCUT2D eigenvalue weighted by Crippen LogP contribution is -2.25. The summed E-state index contributed by atoms with van der Waals surface area (Å²) in [6.07, 6.45) is 19.8. The highest BCUT2D eigenvalue weighted by atomic mass is 15.2. The first-order chi connectivity index (χ1) is 32.8. The SMILES string of the molecule is CCCCCCC1(CCCCCC)c2cc(C)ccc2-c2ccc(-c3ccc(N(c4ccc(CCCC)cc4)c4ccc(N(c5ccc(C)cc5)c5ccc(CCCC)cc5)cc4)cc3)cc21. The highest BCUT2D eigenvalue weighted by Gasteiger charge is 2.42. The van der Waals surface area contributed by atoms with E-state index >= 15 is 0 Å². The Hall–Kier alpha value is -5.86. The molecule has 0 fully saturated rings. The van der Waals surface area contributed by atoms with Gasteiger partial charge in [-0.15, -0.1) is 0 Å². The Labute approximate surface area is 405 Å². The fraction of sp³-hybridized carbons (Fsp3) is 0.354. The maximum Gasteiger partial charge on any atom is 0.0463 e. The Kier molecular flexibility index (Phi) is 16.2. The molecule has 0 N–H and O–H groups in total. The van der Waals surface area contributed by atoms with Crippen molar-refractivity contribution in [3.05, 3.63) is 191 Å². The Morgan fingerprint density at radius 3 is 1.13 bits per heavy atom. The molecule has 1 aliphatic rings. The smallest absolute Gasteiger partial charge is 0.0463 e. The van der Waals surface area contributed by atoms with Gasteiger partial charge in [-0.05, 0) is 176 Å². The molecule has 0 saturated heterocycles. The number of hydrogen-bond donors (Lipinski definition) is 0. The van der Waals surface area contributed by atoms with Crippen molar-refractivity contribution in [2.75, 3.05) is 9.80 Å². The zero-order chi connectivity index (χ0) is 46.6. The molecule has 2 nitrogen and oxygen atoms in total. The van der Waals surface area contributed by atoms with Gasteiger partial charge in [-0.3, -0.25) is 0 Å². The van der Waals surface area contributed by atoms with Crippen LogP contribution in [-0.4, -0.2) is 0 Å². The summed E-state index contributed by atoms with van der Waals surface area (Å²) in [7, 11) is 0. The summed E-state index contributed by atoms with van der Waals surface area (Å²) >= 11 is 0. The van der Waals surface area contributed by atoms with Crippen molar-refractivity contribution in [3.8, 4) is 22.3 Å². The summed E-state index contributed by atoms with van der Waals surface area (Å²) < 4.78 is 0. The number of nitrogens with zero attached hydrogens (tertiary/aromatic N) is 2. The third-order valence-electron chi connectivity index (χ3n) is 14.6. The quantitative estimate of drug-likeness (QED) is 0.0591. The van der Waals surface area contributed by atoms with E-state index in [0.29, 0.717) is 0 Å². The Bertz CT molecular complexity index is 2610. The molecule has 8 rings (SSSR count). The number of anilines is 6. The van der Waals surface area contributed by atoms with E-state index in [-0.39, 0.29) is 5.41 Å². The molecule has 2 heteroatoms. The van der Waals surface area contributed by atoms with Crippen molar-refractivity contribution in [3.63, 3.8) is 0 Å². The number of benzene rings is 7. The van der Waals surface area contributed by atoms with Crippen molar-refractivity contribution in [1.82, 2.24) is 0 Å². The summed E-state index contributed by atoms with van der Waals surface area (Å²) in [4.78, 5) is 4.81. The van der Waals surface area contributed by atoms with Crippen molar-refractivity contribution in [2.24, 2.45) is 0 Å². The van der Waals surface area contributed by atoms with Crippen LogP contribution < -0.4 is 9.80 Å². The molecule has 0 amide bonds. The molecule has 0 aliphatic heterocycles. The normalized spacial score (nSPS) is 12.5. The zero-order valence-corrected chi connectivity index (χ0v) is 41.7. The number of rotatable bonds is 23. The van der Waals surface area contributed by atoms with Gasteiger partial charge in [0.2, 0.25) is 0 Å². The minimum atomic E-state index is 0.0630. The Morgan fingerprint density at radius 2 is 0.687 bits per heavy atom. The number of aryl methyl sites for hydroxylation is 4. The third kappa shape index (κ3) is 11.0. The highest BCUT2D eigenvalue weighted by molar-refractivity contribution is 5.86. The second-order valence-corrected chi connectivity index (χ2v) is 19.6. The van der Waals surface area contributed by atoms with Crippen molar-refractivity contribution in [1.29, 1.82) is 0 Å². The lowest BCUT2D eigenvalue weighted by atomic mass is 9.70. The molecule has 0 unspecified atom stereocenters. The van der Waals surface area contributed by atoms with E-state index in [9.17, 15) is 0 Å². The van der Waals surface area contributed by atoms with Gasteiger partial charge in [-0.1, -0.05) is 182 Å². The standard InChI is InChI=1S/C65H76N2/c1-7-11-15-17-45-65(46-18-16-12-8-2)63-47-50(6)23-43-61(63)62-44-30-54(48-64(62)65)53-28-37-58(38-29-53)67(57-35-26-52(27-36-57)20-14-10-4)60-41-39-59(40-42-60)66(55-31-21-49(5)22-32-55)56-33-24-51(25-34-56)19-13-9-3/h21-44,47-48H,7-20,45-46H2,1-6H3. The molecule has 346 valence electrons. The van der Waals surface area contributed by atoms with Crippen LogP contribution >= 0.6 is 0 Å². The molecule has 0 radical (unpaired) electrons. The first-order valence-corrected chi connectivity index (χ1v) is 26.2. The molecule has 0 saturated carbocycles. The highest BCUT2D eigenvalue weighted by Crippen LogP contribution is 2.55. The largest absolute Gasteiger partial charge is 0.311 e. The summed E-state index contributed by atoms with van der Waals surface area (Å²) in [5, 5.41) is 0. The van der Waals surface area contributed by atoms with Crippen LogP contribution in [0.5, 0.6) is 0 Å². The summed E-state index contributed by atoms with van der Waals surface area (Å²) in [5.41, 5.74) is 21.0. The molecule has 7 aromatic carbocycles. The van der Waals surface area contributed by atoms with Crippen LogP contribution in [0, 0.1) is 13.8 Å².